The summed E-state index contributed by atoms with van der Waals surface area (Å²) in [5.74, 6) is -0.483. The van der Waals surface area contributed by atoms with Gasteiger partial charge in [0.15, 0.2) is 5.69 Å². The highest BCUT2D eigenvalue weighted by Crippen LogP contribution is 2.30. The number of alkyl halides is 3. The minimum atomic E-state index is -4.45. The van der Waals surface area contributed by atoms with Crippen LogP contribution in [0.3, 0.4) is 0 Å². The maximum atomic E-state index is 12.9. The fraction of sp³-hybridized carbons (Fsp3) is 0.0500. The standard InChI is InChI=1S/C20H13F3N4O/c21-20(22,23)14-6-2-7-15(12-14)27-11-9-17(26-27)19(28)25-16-8-1-4-13-5-3-10-24-18(13)16/h1-12H,(H,25,28). The first-order chi connectivity index (χ1) is 13.4. The van der Waals surface area contributed by atoms with Crippen LogP contribution in [0.5, 0.6) is 0 Å². The number of hydrogen-bond acceptors (Lipinski definition) is 3. The van der Waals surface area contributed by atoms with Crippen molar-refractivity contribution in [1.82, 2.24) is 14.8 Å². The molecular weight excluding hydrogens is 369 g/mol. The zero-order valence-electron chi connectivity index (χ0n) is 14.3. The maximum Gasteiger partial charge on any atom is 0.416 e. The Morgan fingerprint density at radius 2 is 1.79 bits per heavy atom. The lowest BCUT2D eigenvalue weighted by Gasteiger charge is -2.09. The van der Waals surface area contributed by atoms with E-state index in [1.54, 1.807) is 24.4 Å². The number of hydrogen-bond donors (Lipinski definition) is 1. The summed E-state index contributed by atoms with van der Waals surface area (Å²) in [5, 5.41) is 7.71. The number of nitrogens with zero attached hydrogens (tertiary/aromatic N) is 3. The number of nitrogens with one attached hydrogen (secondary N) is 1. The quantitative estimate of drug-likeness (QED) is 0.559. The maximum absolute atomic E-state index is 12.9. The van der Waals surface area contributed by atoms with Gasteiger partial charge in [0.1, 0.15) is 0 Å². The van der Waals surface area contributed by atoms with Gasteiger partial charge in [-0.15, -0.1) is 0 Å². The minimum Gasteiger partial charge on any atom is -0.319 e. The number of rotatable bonds is 3. The molecule has 0 aliphatic heterocycles. The molecule has 4 aromatic rings. The number of carbonyl (C=O) groups is 1. The van der Waals surface area contributed by atoms with Crippen molar-refractivity contribution in [2.45, 2.75) is 6.18 Å². The Morgan fingerprint density at radius 1 is 1.00 bits per heavy atom. The van der Waals surface area contributed by atoms with E-state index < -0.39 is 17.6 Å². The predicted octanol–water partition coefficient (Wildman–Crippen LogP) is 4.69. The number of fused-ring (bicyclic) bond motifs is 1. The molecule has 0 aliphatic rings. The smallest absolute Gasteiger partial charge is 0.319 e. The van der Waals surface area contributed by atoms with Crippen molar-refractivity contribution < 1.29 is 18.0 Å². The molecule has 2 aromatic carbocycles. The molecule has 0 spiro atoms. The van der Waals surface area contributed by atoms with Gasteiger partial charge in [0.2, 0.25) is 0 Å². The van der Waals surface area contributed by atoms with Gasteiger partial charge in [-0.3, -0.25) is 9.78 Å². The zero-order chi connectivity index (χ0) is 19.7. The molecular formula is C20H13F3N4O. The predicted molar refractivity (Wildman–Crippen MR) is 98.3 cm³/mol. The Balaban J connectivity index is 1.60. The monoisotopic (exact) mass is 382 g/mol. The Morgan fingerprint density at radius 3 is 2.61 bits per heavy atom. The molecule has 0 saturated heterocycles. The summed E-state index contributed by atoms with van der Waals surface area (Å²) in [6.07, 6.45) is -1.39. The van der Waals surface area contributed by atoms with E-state index in [0.29, 0.717) is 11.2 Å². The number of para-hydroxylation sites is 1. The van der Waals surface area contributed by atoms with Crippen molar-refractivity contribution in [3.63, 3.8) is 0 Å². The molecule has 4 rings (SSSR count). The van der Waals surface area contributed by atoms with Gasteiger partial charge in [-0.1, -0.05) is 24.3 Å². The van der Waals surface area contributed by atoms with E-state index in [1.165, 1.54) is 29.1 Å². The summed E-state index contributed by atoms with van der Waals surface area (Å²) in [6, 6.07) is 15.2. The molecule has 0 bridgehead atoms. The highest BCUT2D eigenvalue weighted by molar-refractivity contribution is 6.07. The van der Waals surface area contributed by atoms with E-state index >= 15 is 0 Å². The molecule has 0 atom stereocenters. The van der Waals surface area contributed by atoms with Crippen molar-refractivity contribution in [3.8, 4) is 5.69 Å². The molecule has 0 saturated carbocycles. The van der Waals surface area contributed by atoms with Crippen molar-refractivity contribution in [1.29, 1.82) is 0 Å². The van der Waals surface area contributed by atoms with Crippen LogP contribution >= 0.6 is 0 Å². The number of halogens is 3. The average molecular weight is 382 g/mol. The number of pyridine rings is 1. The largest absolute Gasteiger partial charge is 0.416 e. The highest BCUT2D eigenvalue weighted by atomic mass is 19.4. The number of amides is 1. The number of aromatic nitrogens is 3. The average Bonchev–Trinajstić information content (AvgIpc) is 3.18. The summed E-state index contributed by atoms with van der Waals surface area (Å²) in [7, 11) is 0. The third kappa shape index (κ3) is 3.44. The third-order valence-corrected chi connectivity index (χ3v) is 4.14. The van der Waals surface area contributed by atoms with E-state index in [1.807, 2.05) is 12.1 Å². The second-order valence-corrected chi connectivity index (χ2v) is 6.03. The van der Waals surface area contributed by atoms with E-state index in [-0.39, 0.29) is 11.4 Å². The van der Waals surface area contributed by atoms with Crippen molar-refractivity contribution >= 4 is 22.5 Å². The van der Waals surface area contributed by atoms with Crippen LogP contribution in [-0.4, -0.2) is 20.7 Å². The van der Waals surface area contributed by atoms with Crippen LogP contribution in [-0.2, 0) is 6.18 Å². The highest BCUT2D eigenvalue weighted by Gasteiger charge is 2.30. The third-order valence-electron chi connectivity index (χ3n) is 4.14. The first-order valence-electron chi connectivity index (χ1n) is 8.30. The molecule has 1 N–H and O–H groups in total. The first kappa shape index (κ1) is 17.7. The van der Waals surface area contributed by atoms with Crippen LogP contribution in [0.2, 0.25) is 0 Å². The molecule has 28 heavy (non-hydrogen) atoms. The van der Waals surface area contributed by atoms with Crippen LogP contribution in [0.25, 0.3) is 16.6 Å². The Hall–Kier alpha value is -3.68. The van der Waals surface area contributed by atoms with Crippen LogP contribution < -0.4 is 5.32 Å². The SMILES string of the molecule is O=C(Nc1cccc2cccnc12)c1ccn(-c2cccc(C(F)(F)F)c2)n1. The van der Waals surface area contributed by atoms with Crippen molar-refractivity contribution in [3.05, 3.63) is 84.3 Å². The normalized spacial score (nSPS) is 11.5. The fourth-order valence-electron chi connectivity index (χ4n) is 2.81. The van der Waals surface area contributed by atoms with Gasteiger partial charge >= 0.3 is 6.18 Å². The van der Waals surface area contributed by atoms with E-state index in [9.17, 15) is 18.0 Å². The molecule has 2 heterocycles. The lowest BCUT2D eigenvalue weighted by Crippen LogP contribution is -2.14. The minimum absolute atomic E-state index is 0.0744. The molecule has 1 amide bonds. The Kier molecular flexibility index (Phi) is 4.31. The molecule has 2 aromatic heterocycles. The number of carbonyl (C=O) groups excluding carboxylic acids is 1. The van der Waals surface area contributed by atoms with Crippen molar-refractivity contribution in [2.24, 2.45) is 0 Å². The molecule has 8 heteroatoms. The molecule has 5 nitrogen and oxygen atoms in total. The summed E-state index contributed by atoms with van der Waals surface area (Å²) >= 11 is 0. The van der Waals surface area contributed by atoms with Crippen LogP contribution in [0.4, 0.5) is 18.9 Å². The van der Waals surface area contributed by atoms with Gasteiger partial charge in [-0.25, -0.2) is 4.68 Å². The van der Waals surface area contributed by atoms with Gasteiger partial charge in [-0.05, 0) is 36.4 Å². The molecule has 0 radical (unpaired) electrons. The van der Waals surface area contributed by atoms with E-state index in [4.69, 9.17) is 0 Å². The van der Waals surface area contributed by atoms with Gasteiger partial charge in [0.05, 0.1) is 22.5 Å². The molecule has 0 aliphatic carbocycles. The molecule has 0 unspecified atom stereocenters. The van der Waals surface area contributed by atoms with Gasteiger partial charge < -0.3 is 5.32 Å². The summed E-state index contributed by atoms with van der Waals surface area (Å²) < 4.78 is 39.9. The van der Waals surface area contributed by atoms with Gasteiger partial charge in [-0.2, -0.15) is 18.3 Å². The van der Waals surface area contributed by atoms with Gasteiger partial charge in [0, 0.05) is 17.8 Å². The summed E-state index contributed by atoms with van der Waals surface area (Å²) in [4.78, 5) is 16.8. The Bertz CT molecular complexity index is 1160. The second-order valence-electron chi connectivity index (χ2n) is 6.03. The lowest BCUT2D eigenvalue weighted by molar-refractivity contribution is -0.137. The van der Waals surface area contributed by atoms with Crippen LogP contribution in [0.15, 0.2) is 73.1 Å². The number of anilines is 1. The topological polar surface area (TPSA) is 59.8 Å². The van der Waals surface area contributed by atoms with Gasteiger partial charge in [0.25, 0.3) is 5.91 Å². The van der Waals surface area contributed by atoms with Crippen molar-refractivity contribution in [2.75, 3.05) is 5.32 Å². The zero-order valence-corrected chi connectivity index (χ0v) is 14.3. The van der Waals surface area contributed by atoms with E-state index in [2.05, 4.69) is 15.4 Å². The summed E-state index contributed by atoms with van der Waals surface area (Å²) in [5.41, 5.74) is 0.659. The van der Waals surface area contributed by atoms with Crippen LogP contribution in [0.1, 0.15) is 16.1 Å². The first-order valence-corrected chi connectivity index (χ1v) is 8.30. The Labute approximate surface area is 157 Å². The van der Waals surface area contributed by atoms with E-state index in [0.717, 1.165) is 17.5 Å². The molecule has 140 valence electrons. The molecule has 0 fully saturated rings. The fourth-order valence-corrected chi connectivity index (χ4v) is 2.81. The second kappa shape index (κ2) is 6.80. The number of benzene rings is 2. The lowest BCUT2D eigenvalue weighted by atomic mass is 10.2. The van der Waals surface area contributed by atoms with Crippen LogP contribution in [0, 0.1) is 0 Å². The summed E-state index contributed by atoms with van der Waals surface area (Å²) in [6.45, 7) is 0.